The van der Waals surface area contributed by atoms with Gasteiger partial charge in [0.1, 0.15) is 0 Å². The predicted octanol–water partition coefficient (Wildman–Crippen LogP) is 2.87. The first-order chi connectivity index (χ1) is 9.18. The molecule has 20 heavy (non-hydrogen) atoms. The van der Waals surface area contributed by atoms with Crippen LogP contribution in [-0.2, 0) is 4.74 Å². The van der Waals surface area contributed by atoms with Crippen molar-refractivity contribution < 1.29 is 4.74 Å². The molecule has 1 rings (SSSR count). The van der Waals surface area contributed by atoms with Crippen LogP contribution in [0.3, 0.4) is 0 Å². The van der Waals surface area contributed by atoms with Crippen molar-refractivity contribution in [3.8, 4) is 0 Å². The third kappa shape index (κ3) is 2.95. The first-order valence-electron chi connectivity index (χ1n) is 7.81. The molecule has 0 aromatic heterocycles. The highest BCUT2D eigenvalue weighted by Crippen LogP contribution is 2.43. The Balaban J connectivity index is 3.27. The maximum atomic E-state index is 6.52. The van der Waals surface area contributed by atoms with E-state index < -0.39 is 0 Å². The molecule has 0 saturated carbocycles. The molecule has 0 radical (unpaired) electrons. The largest absolute Gasteiger partial charge is 0.371 e. The lowest BCUT2D eigenvalue weighted by molar-refractivity contribution is -0.0214. The van der Waals surface area contributed by atoms with Crippen LogP contribution in [0.25, 0.3) is 0 Å². The molecular weight excluding hydrogens is 248 g/mol. The van der Waals surface area contributed by atoms with Crippen LogP contribution in [0, 0.1) is 11.8 Å². The Morgan fingerprint density at radius 2 is 1.70 bits per heavy atom. The molecule has 1 aliphatic heterocycles. The van der Waals surface area contributed by atoms with Gasteiger partial charge in [0.2, 0.25) is 0 Å². The normalized spacial score (nSPS) is 34.7. The van der Waals surface area contributed by atoms with Crippen LogP contribution in [-0.4, -0.2) is 61.8 Å². The first kappa shape index (κ1) is 17.7. The summed E-state index contributed by atoms with van der Waals surface area (Å²) in [7, 11) is 8.61. The molecule has 0 aliphatic carbocycles. The number of hydrogen-bond acceptors (Lipinski definition) is 3. The number of nitrogens with zero attached hydrogens (tertiary/aromatic N) is 2. The fraction of sp³-hybridized carbons (Fsp3) is 0.882. The molecule has 0 bridgehead atoms. The van der Waals surface area contributed by atoms with Gasteiger partial charge in [-0.15, -0.1) is 6.58 Å². The van der Waals surface area contributed by atoms with Gasteiger partial charge in [-0.1, -0.05) is 33.8 Å². The first-order valence-corrected chi connectivity index (χ1v) is 7.81. The second-order valence-electron chi connectivity index (χ2n) is 7.36. The second-order valence-corrected chi connectivity index (χ2v) is 7.36. The topological polar surface area (TPSA) is 15.7 Å². The van der Waals surface area contributed by atoms with E-state index in [9.17, 15) is 0 Å². The lowest BCUT2D eigenvalue weighted by Gasteiger charge is -2.45. The molecular formula is C17H34N2O. The number of ether oxygens (including phenoxy) is 1. The third-order valence-electron chi connectivity index (χ3n) is 4.57. The van der Waals surface area contributed by atoms with Gasteiger partial charge in [0.15, 0.2) is 0 Å². The summed E-state index contributed by atoms with van der Waals surface area (Å²) in [6.07, 6.45) is 3.65. The van der Waals surface area contributed by atoms with E-state index in [-0.39, 0.29) is 17.7 Å². The van der Waals surface area contributed by atoms with Crippen molar-refractivity contribution in [3.05, 3.63) is 12.7 Å². The SMILES string of the molecule is C=C[C@]1(N(C)C)[C@H](C(C)C)O[C@H](CC(C)C)[C@H]1N(C)C. The molecule has 0 amide bonds. The maximum absolute atomic E-state index is 6.52. The molecule has 118 valence electrons. The summed E-state index contributed by atoms with van der Waals surface area (Å²) in [6.45, 7) is 13.2. The zero-order valence-electron chi connectivity index (χ0n) is 14.7. The zero-order valence-corrected chi connectivity index (χ0v) is 14.7. The predicted molar refractivity (Wildman–Crippen MR) is 87.0 cm³/mol. The molecule has 3 nitrogen and oxygen atoms in total. The quantitative estimate of drug-likeness (QED) is 0.697. The second kappa shape index (κ2) is 6.59. The van der Waals surface area contributed by atoms with E-state index in [4.69, 9.17) is 4.74 Å². The van der Waals surface area contributed by atoms with Crippen LogP contribution in [0.4, 0.5) is 0 Å². The van der Waals surface area contributed by atoms with Crippen molar-refractivity contribution in [2.75, 3.05) is 28.2 Å². The third-order valence-corrected chi connectivity index (χ3v) is 4.57. The Kier molecular flexibility index (Phi) is 5.82. The Bertz CT molecular complexity index is 325. The molecule has 1 aliphatic rings. The zero-order chi connectivity index (χ0) is 15.7. The minimum atomic E-state index is -0.128. The smallest absolute Gasteiger partial charge is 0.0838 e. The Labute approximate surface area is 126 Å². The molecule has 0 unspecified atom stereocenters. The average molecular weight is 282 g/mol. The minimum Gasteiger partial charge on any atom is -0.371 e. The Morgan fingerprint density at radius 1 is 1.15 bits per heavy atom. The van der Waals surface area contributed by atoms with E-state index >= 15 is 0 Å². The average Bonchev–Trinajstić information content (AvgIpc) is 2.63. The van der Waals surface area contributed by atoms with Crippen molar-refractivity contribution in [2.24, 2.45) is 11.8 Å². The van der Waals surface area contributed by atoms with Gasteiger partial charge in [-0.25, -0.2) is 0 Å². The Morgan fingerprint density at radius 3 is 2.00 bits per heavy atom. The van der Waals surface area contributed by atoms with Crippen molar-refractivity contribution in [1.82, 2.24) is 9.80 Å². The molecule has 1 saturated heterocycles. The maximum Gasteiger partial charge on any atom is 0.0838 e. The van der Waals surface area contributed by atoms with E-state index in [0.717, 1.165) is 6.42 Å². The molecule has 0 aromatic rings. The minimum absolute atomic E-state index is 0.128. The fourth-order valence-corrected chi connectivity index (χ4v) is 3.86. The highest BCUT2D eigenvalue weighted by molar-refractivity contribution is 5.21. The van der Waals surface area contributed by atoms with Gasteiger partial charge in [-0.05, 0) is 46.4 Å². The van der Waals surface area contributed by atoms with Crippen LogP contribution in [0.5, 0.6) is 0 Å². The van der Waals surface area contributed by atoms with Gasteiger partial charge in [0, 0.05) is 0 Å². The standard InChI is InChI=1S/C17H34N2O/c1-10-17(19(8)9)15(18(6)7)14(11-12(2)3)20-16(17)13(4)5/h10,12-16H,1,11H2,2-9H3/t14-,15-,16+,17-/m1/s1. The highest BCUT2D eigenvalue weighted by Gasteiger charge is 2.57. The molecule has 0 N–H and O–H groups in total. The monoisotopic (exact) mass is 282 g/mol. The van der Waals surface area contributed by atoms with Gasteiger partial charge >= 0.3 is 0 Å². The molecule has 0 aromatic carbocycles. The lowest BCUT2D eigenvalue weighted by Crippen LogP contribution is -2.62. The molecule has 0 spiro atoms. The molecule has 3 heteroatoms. The van der Waals surface area contributed by atoms with Gasteiger partial charge < -0.3 is 9.64 Å². The summed E-state index contributed by atoms with van der Waals surface area (Å²) < 4.78 is 6.52. The Hall–Kier alpha value is -0.380. The molecule has 1 fully saturated rings. The summed E-state index contributed by atoms with van der Waals surface area (Å²) in [5, 5.41) is 0. The van der Waals surface area contributed by atoms with E-state index in [2.05, 4.69) is 78.3 Å². The summed E-state index contributed by atoms with van der Waals surface area (Å²) in [5.41, 5.74) is -0.128. The van der Waals surface area contributed by atoms with Crippen LogP contribution in [0.2, 0.25) is 0 Å². The van der Waals surface area contributed by atoms with Gasteiger partial charge in [0.25, 0.3) is 0 Å². The fourth-order valence-electron chi connectivity index (χ4n) is 3.86. The van der Waals surface area contributed by atoms with E-state index in [0.29, 0.717) is 17.9 Å². The number of rotatable bonds is 6. The van der Waals surface area contributed by atoms with E-state index in [1.807, 2.05) is 0 Å². The highest BCUT2D eigenvalue weighted by atomic mass is 16.5. The lowest BCUT2D eigenvalue weighted by atomic mass is 9.77. The van der Waals surface area contributed by atoms with Gasteiger partial charge in [-0.2, -0.15) is 0 Å². The molecule has 1 heterocycles. The van der Waals surface area contributed by atoms with Crippen molar-refractivity contribution in [3.63, 3.8) is 0 Å². The summed E-state index contributed by atoms with van der Waals surface area (Å²) >= 11 is 0. The van der Waals surface area contributed by atoms with E-state index in [1.165, 1.54) is 0 Å². The molecule has 4 atom stereocenters. The van der Waals surface area contributed by atoms with Crippen molar-refractivity contribution >= 4 is 0 Å². The van der Waals surface area contributed by atoms with Crippen LogP contribution >= 0.6 is 0 Å². The van der Waals surface area contributed by atoms with Crippen LogP contribution < -0.4 is 0 Å². The van der Waals surface area contributed by atoms with Crippen molar-refractivity contribution in [2.45, 2.75) is 57.9 Å². The summed E-state index contributed by atoms with van der Waals surface area (Å²) in [4.78, 5) is 4.62. The van der Waals surface area contributed by atoms with Crippen LogP contribution in [0.15, 0.2) is 12.7 Å². The van der Waals surface area contributed by atoms with Gasteiger partial charge in [-0.3, -0.25) is 4.90 Å². The van der Waals surface area contributed by atoms with E-state index in [1.54, 1.807) is 0 Å². The summed E-state index contributed by atoms with van der Waals surface area (Å²) in [6, 6.07) is 0.338. The van der Waals surface area contributed by atoms with Crippen molar-refractivity contribution in [1.29, 1.82) is 0 Å². The van der Waals surface area contributed by atoms with Crippen LogP contribution in [0.1, 0.15) is 34.1 Å². The number of hydrogen-bond donors (Lipinski definition) is 0. The summed E-state index contributed by atoms with van der Waals surface area (Å²) in [5.74, 6) is 1.10. The number of likely N-dealkylation sites (N-methyl/N-ethyl adjacent to an activating group) is 2. The van der Waals surface area contributed by atoms with Gasteiger partial charge in [0.05, 0.1) is 23.8 Å².